The number of halogens is 3. The molecule has 0 spiro atoms. The maximum atomic E-state index is 12.9. The van der Waals surface area contributed by atoms with Gasteiger partial charge in [0.05, 0.1) is 11.4 Å². The van der Waals surface area contributed by atoms with Gasteiger partial charge >= 0.3 is 12.1 Å². The van der Waals surface area contributed by atoms with Crippen molar-refractivity contribution in [3.63, 3.8) is 0 Å². The number of aromatic nitrogens is 3. The van der Waals surface area contributed by atoms with E-state index in [2.05, 4.69) is 20.5 Å². The number of fused-ring (bicyclic) bond motifs is 1. The molecule has 2 aromatic rings. The van der Waals surface area contributed by atoms with Crippen molar-refractivity contribution >= 4 is 11.9 Å². The predicted octanol–water partition coefficient (Wildman–Crippen LogP) is 2.22. The summed E-state index contributed by atoms with van der Waals surface area (Å²) in [5.41, 5.74) is 3.07. The fourth-order valence-electron chi connectivity index (χ4n) is 3.94. The van der Waals surface area contributed by atoms with Crippen LogP contribution in [0.15, 0.2) is 16.8 Å². The Labute approximate surface area is 194 Å². The summed E-state index contributed by atoms with van der Waals surface area (Å²) in [4.78, 5) is 24.1. The van der Waals surface area contributed by atoms with E-state index >= 15 is 0 Å². The van der Waals surface area contributed by atoms with Gasteiger partial charge in [-0.25, -0.2) is 4.79 Å². The molecule has 188 valence electrons. The van der Waals surface area contributed by atoms with Crippen LogP contribution in [0.2, 0.25) is 0 Å². The maximum absolute atomic E-state index is 12.9. The summed E-state index contributed by atoms with van der Waals surface area (Å²) in [6.07, 6.45) is -1.29. The zero-order chi connectivity index (χ0) is 24.9. The quantitative estimate of drug-likeness (QED) is 0.658. The summed E-state index contributed by atoms with van der Waals surface area (Å²) in [5.74, 6) is -1.38. The van der Waals surface area contributed by atoms with Crippen LogP contribution in [-0.2, 0) is 27.4 Å². The minimum absolute atomic E-state index is 0.0369. The number of carboxylic acids is 1. The fraction of sp³-hybridized carbons (Fsp3) is 0.619. The standard InChI is InChI=1S/C19H27N5O3.C2HF3O2/c1-13-17(14(2)27-22-13)11-23-10-16-3-6-21-24(16)18(12-23)19(25)20-9-15-4-7-26-8-5-15;3-2(4,5)1(6)7/h3,6,15,18H,4-5,7-12H2,1-2H3,(H,20,25);(H,6,7). The van der Waals surface area contributed by atoms with Gasteiger partial charge in [-0.2, -0.15) is 18.3 Å². The van der Waals surface area contributed by atoms with Crippen LogP contribution in [0.5, 0.6) is 0 Å². The van der Waals surface area contributed by atoms with Gasteiger partial charge in [0.25, 0.3) is 0 Å². The number of carboxylic acid groups (broad SMARTS) is 1. The van der Waals surface area contributed by atoms with Gasteiger partial charge in [0.15, 0.2) is 0 Å². The van der Waals surface area contributed by atoms with E-state index in [0.29, 0.717) is 19.0 Å². The third-order valence-electron chi connectivity index (χ3n) is 5.88. The Morgan fingerprint density at radius 1 is 1.26 bits per heavy atom. The van der Waals surface area contributed by atoms with Gasteiger partial charge in [-0.3, -0.25) is 14.4 Å². The summed E-state index contributed by atoms with van der Waals surface area (Å²) < 4.78 is 44.3. The lowest BCUT2D eigenvalue weighted by molar-refractivity contribution is -0.192. The highest BCUT2D eigenvalue weighted by Gasteiger charge is 2.38. The van der Waals surface area contributed by atoms with Gasteiger partial charge in [-0.05, 0) is 38.7 Å². The van der Waals surface area contributed by atoms with E-state index < -0.39 is 12.1 Å². The molecular weight excluding hydrogens is 459 g/mol. The van der Waals surface area contributed by atoms with Crippen molar-refractivity contribution in [1.29, 1.82) is 0 Å². The van der Waals surface area contributed by atoms with Gasteiger partial charge in [0.2, 0.25) is 5.91 Å². The lowest BCUT2D eigenvalue weighted by Gasteiger charge is -2.33. The zero-order valence-electron chi connectivity index (χ0n) is 19.0. The van der Waals surface area contributed by atoms with Crippen LogP contribution in [0.1, 0.15) is 41.6 Å². The minimum atomic E-state index is -5.08. The highest BCUT2D eigenvalue weighted by Crippen LogP contribution is 2.24. The van der Waals surface area contributed by atoms with E-state index in [-0.39, 0.29) is 11.9 Å². The Morgan fingerprint density at radius 2 is 1.94 bits per heavy atom. The molecule has 2 aliphatic heterocycles. The number of nitrogens with zero attached hydrogens (tertiary/aromatic N) is 4. The molecule has 1 unspecified atom stereocenters. The first-order valence-corrected chi connectivity index (χ1v) is 10.9. The molecule has 2 N–H and O–H groups in total. The Morgan fingerprint density at radius 3 is 2.53 bits per heavy atom. The smallest absolute Gasteiger partial charge is 0.475 e. The van der Waals surface area contributed by atoms with E-state index in [1.165, 1.54) is 0 Å². The Bertz CT molecular complexity index is 964. The highest BCUT2D eigenvalue weighted by atomic mass is 19.4. The van der Waals surface area contributed by atoms with Crippen LogP contribution in [0.3, 0.4) is 0 Å². The topological polar surface area (TPSA) is 123 Å². The number of amides is 1. The third-order valence-corrected chi connectivity index (χ3v) is 5.88. The summed E-state index contributed by atoms with van der Waals surface area (Å²) in [5, 5.41) is 18.7. The summed E-state index contributed by atoms with van der Waals surface area (Å²) in [6, 6.07) is 1.67. The molecule has 2 aromatic heterocycles. The van der Waals surface area contributed by atoms with E-state index in [1.54, 1.807) is 6.20 Å². The van der Waals surface area contributed by atoms with Gasteiger partial charge in [-0.1, -0.05) is 5.16 Å². The fourth-order valence-corrected chi connectivity index (χ4v) is 3.94. The van der Waals surface area contributed by atoms with Gasteiger partial charge < -0.3 is 19.7 Å². The summed E-state index contributed by atoms with van der Waals surface area (Å²) in [7, 11) is 0. The van der Waals surface area contributed by atoms with Gasteiger partial charge in [-0.15, -0.1) is 0 Å². The molecule has 0 aliphatic carbocycles. The number of carbonyl (C=O) groups excluding carboxylic acids is 1. The molecule has 4 rings (SSSR count). The van der Waals surface area contributed by atoms with E-state index in [4.69, 9.17) is 19.2 Å². The number of hydrogen-bond acceptors (Lipinski definition) is 7. The first kappa shape index (κ1) is 25.7. The Kier molecular flexibility index (Phi) is 8.31. The number of carbonyl (C=O) groups is 2. The molecular formula is C21H28F3N5O5. The van der Waals surface area contributed by atoms with Crippen LogP contribution in [-0.4, -0.2) is 69.3 Å². The molecule has 13 heteroatoms. The van der Waals surface area contributed by atoms with E-state index in [9.17, 15) is 18.0 Å². The average molecular weight is 487 g/mol. The van der Waals surface area contributed by atoms with Crippen molar-refractivity contribution in [3.8, 4) is 0 Å². The number of ether oxygens (including phenoxy) is 1. The van der Waals surface area contributed by atoms with Crippen LogP contribution >= 0.6 is 0 Å². The molecule has 1 atom stereocenters. The van der Waals surface area contributed by atoms with Crippen molar-refractivity contribution in [2.24, 2.45) is 5.92 Å². The van der Waals surface area contributed by atoms with E-state index in [1.807, 2.05) is 24.6 Å². The Hall–Kier alpha value is -2.93. The van der Waals surface area contributed by atoms with Crippen molar-refractivity contribution in [3.05, 3.63) is 35.0 Å². The average Bonchev–Trinajstić information content (AvgIpc) is 3.39. The van der Waals surface area contributed by atoms with Crippen LogP contribution < -0.4 is 5.32 Å². The largest absolute Gasteiger partial charge is 0.490 e. The highest BCUT2D eigenvalue weighted by molar-refractivity contribution is 5.80. The van der Waals surface area contributed by atoms with Crippen molar-refractivity contribution in [2.45, 2.75) is 52.0 Å². The normalized spacial score (nSPS) is 19.1. The summed E-state index contributed by atoms with van der Waals surface area (Å²) >= 11 is 0. The number of hydrogen-bond donors (Lipinski definition) is 2. The van der Waals surface area contributed by atoms with Crippen molar-refractivity contribution in [2.75, 3.05) is 26.3 Å². The molecule has 0 bridgehead atoms. The lowest BCUT2D eigenvalue weighted by Crippen LogP contribution is -2.46. The molecule has 0 aromatic carbocycles. The SMILES string of the molecule is Cc1noc(C)c1CN1Cc2ccnn2C(C(=O)NCC2CCOCC2)C1.O=C(O)C(F)(F)F. The molecule has 2 aliphatic rings. The molecule has 1 saturated heterocycles. The number of alkyl halides is 3. The number of rotatable bonds is 5. The third kappa shape index (κ3) is 6.56. The second-order valence-electron chi connectivity index (χ2n) is 8.36. The number of aryl methyl sites for hydroxylation is 2. The molecule has 0 radical (unpaired) electrons. The summed E-state index contributed by atoms with van der Waals surface area (Å²) in [6.45, 7) is 8.28. The van der Waals surface area contributed by atoms with Crippen LogP contribution in [0.4, 0.5) is 13.2 Å². The molecule has 0 saturated carbocycles. The van der Waals surface area contributed by atoms with Crippen molar-refractivity contribution < 1.29 is 37.1 Å². The maximum Gasteiger partial charge on any atom is 0.490 e. The number of aliphatic carboxylic acids is 1. The number of nitrogens with one attached hydrogen (secondary N) is 1. The zero-order valence-corrected chi connectivity index (χ0v) is 19.0. The molecule has 1 amide bonds. The van der Waals surface area contributed by atoms with E-state index in [0.717, 1.165) is 61.9 Å². The molecule has 4 heterocycles. The molecule has 34 heavy (non-hydrogen) atoms. The first-order chi connectivity index (χ1) is 16.1. The van der Waals surface area contributed by atoms with Gasteiger partial charge in [0.1, 0.15) is 11.8 Å². The van der Waals surface area contributed by atoms with Crippen LogP contribution in [0.25, 0.3) is 0 Å². The lowest BCUT2D eigenvalue weighted by atomic mass is 10.0. The Balaban J connectivity index is 0.000000406. The first-order valence-electron chi connectivity index (χ1n) is 10.9. The van der Waals surface area contributed by atoms with Crippen LogP contribution in [0, 0.1) is 19.8 Å². The molecule has 1 fully saturated rings. The minimum Gasteiger partial charge on any atom is -0.475 e. The second kappa shape index (κ2) is 11.0. The monoisotopic (exact) mass is 487 g/mol. The second-order valence-corrected chi connectivity index (χ2v) is 8.36. The van der Waals surface area contributed by atoms with Crippen molar-refractivity contribution in [1.82, 2.24) is 25.2 Å². The predicted molar refractivity (Wildman–Crippen MR) is 112 cm³/mol. The molecule has 10 nitrogen and oxygen atoms in total. The van der Waals surface area contributed by atoms with Gasteiger partial charge in [0, 0.05) is 51.2 Å².